The number of carbonyl (C=O) groups is 1. The Bertz CT molecular complexity index is 435. The fourth-order valence-electron chi connectivity index (χ4n) is 6.26. The number of nitrogens with zero attached hydrogens (tertiary/aromatic N) is 1. The molecule has 1 amide bonds. The van der Waals surface area contributed by atoms with Crippen LogP contribution in [0.3, 0.4) is 0 Å². The first-order chi connectivity index (χ1) is 10.0. The largest absolute Gasteiger partial charge is 0.345 e. The summed E-state index contributed by atoms with van der Waals surface area (Å²) in [6.07, 6.45) is 13.3. The van der Waals surface area contributed by atoms with Gasteiger partial charge in [-0.2, -0.15) is 0 Å². The molecule has 116 valence electrons. The van der Waals surface area contributed by atoms with Gasteiger partial charge in [-0.15, -0.1) is 0 Å². The van der Waals surface area contributed by atoms with Gasteiger partial charge in [-0.3, -0.25) is 4.79 Å². The molecule has 4 fully saturated rings. The first kappa shape index (κ1) is 13.8. The van der Waals surface area contributed by atoms with Crippen molar-refractivity contribution in [2.24, 2.45) is 34.8 Å². The molecule has 0 aromatic rings. The lowest BCUT2D eigenvalue weighted by Gasteiger charge is -2.57. The average Bonchev–Trinajstić information content (AvgIpc) is 2.82. The summed E-state index contributed by atoms with van der Waals surface area (Å²) in [6.45, 7) is 0.981. The van der Waals surface area contributed by atoms with Crippen LogP contribution >= 0.6 is 0 Å². The summed E-state index contributed by atoms with van der Waals surface area (Å²) in [5, 5.41) is 0. The Hall–Kier alpha value is -0.830. The van der Waals surface area contributed by atoms with E-state index >= 15 is 0 Å². The molecule has 5 aliphatic carbocycles. The number of nitrogens with two attached hydrogens (primary N) is 1. The summed E-state index contributed by atoms with van der Waals surface area (Å²) in [6, 6.07) is 0.0758. The van der Waals surface area contributed by atoms with Gasteiger partial charge in [0.05, 0.1) is 5.92 Å². The molecule has 0 saturated heterocycles. The molecule has 0 heterocycles. The van der Waals surface area contributed by atoms with E-state index in [2.05, 4.69) is 0 Å². The second-order valence-corrected chi connectivity index (χ2v) is 8.50. The number of hydrogen-bond acceptors (Lipinski definition) is 2. The molecule has 0 radical (unpaired) electrons. The van der Waals surface area contributed by atoms with Gasteiger partial charge in [0.15, 0.2) is 0 Å². The van der Waals surface area contributed by atoms with Crippen LogP contribution in [0.25, 0.3) is 0 Å². The van der Waals surface area contributed by atoms with Gasteiger partial charge in [0.1, 0.15) is 0 Å². The Morgan fingerprint density at radius 1 is 1.10 bits per heavy atom. The standard InChI is InChI=1S/C18H28N2O/c1-20(17(21)15-2-3-16(19)7-15)11-18-8-12-4-13(9-18)6-14(5-12)10-18/h2-3,12-16H,4-11,19H2,1H3. The predicted molar refractivity (Wildman–Crippen MR) is 83.5 cm³/mol. The van der Waals surface area contributed by atoms with E-state index in [1.807, 2.05) is 24.1 Å². The summed E-state index contributed by atoms with van der Waals surface area (Å²) in [5.41, 5.74) is 6.34. The average molecular weight is 288 g/mol. The van der Waals surface area contributed by atoms with Crippen molar-refractivity contribution >= 4 is 5.91 Å². The first-order valence-corrected chi connectivity index (χ1v) is 8.72. The smallest absolute Gasteiger partial charge is 0.229 e. The topological polar surface area (TPSA) is 46.3 Å². The van der Waals surface area contributed by atoms with Crippen molar-refractivity contribution in [1.82, 2.24) is 4.90 Å². The third-order valence-electron chi connectivity index (χ3n) is 6.55. The van der Waals surface area contributed by atoms with E-state index in [0.717, 1.165) is 30.7 Å². The zero-order valence-corrected chi connectivity index (χ0v) is 13.1. The summed E-state index contributed by atoms with van der Waals surface area (Å²) in [7, 11) is 2.01. The van der Waals surface area contributed by atoms with Gasteiger partial charge in [0.2, 0.25) is 5.91 Å². The molecule has 4 saturated carbocycles. The fourth-order valence-corrected chi connectivity index (χ4v) is 6.26. The van der Waals surface area contributed by atoms with Crippen molar-refractivity contribution in [1.29, 1.82) is 0 Å². The van der Waals surface area contributed by atoms with E-state index in [9.17, 15) is 4.79 Å². The predicted octanol–water partition coefficient (Wildman–Crippen LogP) is 2.56. The van der Waals surface area contributed by atoms with Crippen molar-refractivity contribution in [3.05, 3.63) is 12.2 Å². The van der Waals surface area contributed by atoms with E-state index in [4.69, 9.17) is 5.73 Å². The van der Waals surface area contributed by atoms with Gasteiger partial charge < -0.3 is 10.6 Å². The lowest BCUT2D eigenvalue weighted by atomic mass is 9.49. The molecule has 4 bridgehead atoms. The van der Waals surface area contributed by atoms with Crippen molar-refractivity contribution in [2.45, 2.75) is 51.0 Å². The molecular weight excluding hydrogens is 260 g/mol. The molecule has 2 unspecified atom stereocenters. The Balaban J connectivity index is 1.43. The molecule has 2 atom stereocenters. The van der Waals surface area contributed by atoms with Crippen LogP contribution in [-0.4, -0.2) is 30.4 Å². The summed E-state index contributed by atoms with van der Waals surface area (Å²) in [5.74, 6) is 3.19. The molecule has 0 aromatic heterocycles. The highest BCUT2D eigenvalue weighted by atomic mass is 16.2. The van der Waals surface area contributed by atoms with Crippen LogP contribution < -0.4 is 5.73 Å². The van der Waals surface area contributed by atoms with E-state index in [1.54, 1.807) is 0 Å². The minimum absolute atomic E-state index is 0.0268. The van der Waals surface area contributed by atoms with Crippen LogP contribution in [0.15, 0.2) is 12.2 Å². The second kappa shape index (κ2) is 4.84. The Morgan fingerprint density at radius 2 is 1.67 bits per heavy atom. The minimum atomic E-state index is 0.0268. The quantitative estimate of drug-likeness (QED) is 0.811. The number of hydrogen-bond donors (Lipinski definition) is 1. The maximum Gasteiger partial charge on any atom is 0.229 e. The van der Waals surface area contributed by atoms with E-state index in [-0.39, 0.29) is 17.9 Å². The van der Waals surface area contributed by atoms with Crippen LogP contribution in [0.5, 0.6) is 0 Å². The Morgan fingerprint density at radius 3 is 2.14 bits per heavy atom. The molecule has 21 heavy (non-hydrogen) atoms. The van der Waals surface area contributed by atoms with Crippen LogP contribution in [0.4, 0.5) is 0 Å². The summed E-state index contributed by atoms with van der Waals surface area (Å²) in [4.78, 5) is 14.7. The molecule has 0 aliphatic heterocycles. The molecule has 5 aliphatic rings. The highest BCUT2D eigenvalue weighted by Gasteiger charge is 2.51. The summed E-state index contributed by atoms with van der Waals surface area (Å²) < 4.78 is 0. The van der Waals surface area contributed by atoms with Crippen molar-refractivity contribution in [2.75, 3.05) is 13.6 Å². The number of carbonyl (C=O) groups excluding carboxylic acids is 1. The first-order valence-electron chi connectivity index (χ1n) is 8.72. The van der Waals surface area contributed by atoms with Crippen molar-refractivity contribution in [3.8, 4) is 0 Å². The third kappa shape index (κ3) is 2.44. The molecule has 0 aromatic carbocycles. The molecule has 2 N–H and O–H groups in total. The van der Waals surface area contributed by atoms with Crippen LogP contribution in [0, 0.1) is 29.1 Å². The van der Waals surface area contributed by atoms with E-state index < -0.39 is 0 Å². The monoisotopic (exact) mass is 288 g/mol. The van der Waals surface area contributed by atoms with Crippen molar-refractivity contribution in [3.63, 3.8) is 0 Å². The molecule has 5 rings (SSSR count). The Labute approximate surface area is 127 Å². The molecular formula is C18H28N2O. The zero-order valence-electron chi connectivity index (χ0n) is 13.1. The van der Waals surface area contributed by atoms with Crippen molar-refractivity contribution < 1.29 is 4.79 Å². The molecule has 0 spiro atoms. The molecule has 3 nitrogen and oxygen atoms in total. The number of amides is 1. The highest BCUT2D eigenvalue weighted by molar-refractivity contribution is 5.81. The fraction of sp³-hybridized carbons (Fsp3) is 0.833. The molecule has 3 heteroatoms. The van der Waals surface area contributed by atoms with Gasteiger partial charge in [-0.1, -0.05) is 12.2 Å². The maximum absolute atomic E-state index is 12.6. The zero-order chi connectivity index (χ0) is 14.6. The maximum atomic E-state index is 12.6. The van der Waals surface area contributed by atoms with Crippen LogP contribution in [-0.2, 0) is 4.79 Å². The van der Waals surface area contributed by atoms with Crippen LogP contribution in [0.1, 0.15) is 44.9 Å². The van der Waals surface area contributed by atoms with Gasteiger partial charge in [0, 0.05) is 19.6 Å². The summed E-state index contributed by atoms with van der Waals surface area (Å²) >= 11 is 0. The number of rotatable bonds is 3. The third-order valence-corrected chi connectivity index (χ3v) is 6.55. The van der Waals surface area contributed by atoms with Gasteiger partial charge in [-0.25, -0.2) is 0 Å². The van der Waals surface area contributed by atoms with E-state index in [1.165, 1.54) is 38.5 Å². The second-order valence-electron chi connectivity index (χ2n) is 8.50. The lowest BCUT2D eigenvalue weighted by Crippen LogP contribution is -2.52. The van der Waals surface area contributed by atoms with Crippen LogP contribution in [0.2, 0.25) is 0 Å². The van der Waals surface area contributed by atoms with E-state index in [0.29, 0.717) is 5.41 Å². The minimum Gasteiger partial charge on any atom is -0.345 e. The Kier molecular flexibility index (Phi) is 3.18. The van der Waals surface area contributed by atoms with Gasteiger partial charge in [-0.05, 0) is 68.1 Å². The lowest BCUT2D eigenvalue weighted by molar-refractivity contribution is -0.138. The normalized spacial score (nSPS) is 47.0. The highest BCUT2D eigenvalue weighted by Crippen LogP contribution is 2.60. The SMILES string of the molecule is CN(CC12CC3CC(CC(C3)C1)C2)C(=O)C1C=CC(N)C1. The van der Waals surface area contributed by atoms with Gasteiger partial charge in [0.25, 0.3) is 0 Å². The van der Waals surface area contributed by atoms with Gasteiger partial charge >= 0.3 is 0 Å².